The lowest BCUT2D eigenvalue weighted by Crippen LogP contribution is -2.11. The van der Waals surface area contributed by atoms with Crippen LogP contribution in [0.1, 0.15) is 5.56 Å². The van der Waals surface area contributed by atoms with Gasteiger partial charge in [-0.3, -0.25) is 4.98 Å². The summed E-state index contributed by atoms with van der Waals surface area (Å²) in [6, 6.07) is 7.72. The molecular formula is C12H10ClN3. The summed E-state index contributed by atoms with van der Waals surface area (Å²) < 4.78 is 0. The van der Waals surface area contributed by atoms with Crippen LogP contribution in [0.2, 0.25) is 5.02 Å². The number of rotatable bonds is 1. The molecule has 0 radical (unpaired) electrons. The van der Waals surface area contributed by atoms with Crippen molar-refractivity contribution in [3.05, 3.63) is 35.0 Å². The van der Waals surface area contributed by atoms with E-state index in [-0.39, 0.29) is 0 Å². The second-order valence-electron chi connectivity index (χ2n) is 3.66. The average Bonchev–Trinajstić information content (AvgIpc) is 2.27. The van der Waals surface area contributed by atoms with Crippen LogP contribution in [0.25, 0.3) is 10.9 Å². The Morgan fingerprint density at radius 1 is 1.38 bits per heavy atom. The van der Waals surface area contributed by atoms with Crippen molar-refractivity contribution < 1.29 is 0 Å². The standard InChI is InChI=1S/C12H10ClN3/c1-16(2)12-8(6-14)7-15-11-9(12)4-3-5-10(11)13/h3-5,7H,1-2H3. The summed E-state index contributed by atoms with van der Waals surface area (Å²) in [5.41, 5.74) is 2.14. The molecule has 2 rings (SSSR count). The van der Waals surface area contributed by atoms with Gasteiger partial charge in [-0.2, -0.15) is 5.26 Å². The van der Waals surface area contributed by atoms with E-state index in [2.05, 4.69) is 11.1 Å². The van der Waals surface area contributed by atoms with Gasteiger partial charge in [0, 0.05) is 25.7 Å². The number of fused-ring (bicyclic) bond motifs is 1. The second kappa shape index (κ2) is 3.99. The number of pyridine rings is 1. The van der Waals surface area contributed by atoms with Crippen molar-refractivity contribution in [2.75, 3.05) is 19.0 Å². The van der Waals surface area contributed by atoms with E-state index < -0.39 is 0 Å². The van der Waals surface area contributed by atoms with Crippen LogP contribution in [0.15, 0.2) is 24.4 Å². The van der Waals surface area contributed by atoms with Crippen molar-refractivity contribution in [3.8, 4) is 6.07 Å². The molecule has 0 aliphatic carbocycles. The summed E-state index contributed by atoms with van der Waals surface area (Å²) in [7, 11) is 3.80. The predicted molar refractivity (Wildman–Crippen MR) is 65.8 cm³/mol. The summed E-state index contributed by atoms with van der Waals surface area (Å²) in [4.78, 5) is 6.12. The normalized spacial score (nSPS) is 10.1. The van der Waals surface area contributed by atoms with Crippen LogP contribution < -0.4 is 4.90 Å². The molecule has 16 heavy (non-hydrogen) atoms. The van der Waals surface area contributed by atoms with Gasteiger partial charge in [0.25, 0.3) is 0 Å². The number of hydrogen-bond donors (Lipinski definition) is 0. The minimum absolute atomic E-state index is 0.555. The Bertz CT molecular complexity index is 585. The van der Waals surface area contributed by atoms with E-state index in [0.29, 0.717) is 10.6 Å². The van der Waals surface area contributed by atoms with Crippen molar-refractivity contribution in [1.82, 2.24) is 4.98 Å². The van der Waals surface area contributed by atoms with E-state index in [1.165, 1.54) is 0 Å². The summed E-state index contributed by atoms with van der Waals surface area (Å²) >= 11 is 6.07. The highest BCUT2D eigenvalue weighted by Crippen LogP contribution is 2.31. The fraction of sp³-hybridized carbons (Fsp3) is 0.167. The number of aromatic nitrogens is 1. The van der Waals surface area contributed by atoms with Gasteiger partial charge < -0.3 is 4.90 Å². The van der Waals surface area contributed by atoms with E-state index in [1.807, 2.05) is 31.1 Å². The Morgan fingerprint density at radius 3 is 2.75 bits per heavy atom. The number of nitrogens with zero attached hydrogens (tertiary/aromatic N) is 3. The monoisotopic (exact) mass is 231 g/mol. The van der Waals surface area contributed by atoms with E-state index in [4.69, 9.17) is 16.9 Å². The molecule has 0 amide bonds. The molecule has 0 fully saturated rings. The van der Waals surface area contributed by atoms with E-state index >= 15 is 0 Å². The number of nitriles is 1. The third-order valence-corrected chi connectivity index (χ3v) is 2.69. The van der Waals surface area contributed by atoms with Gasteiger partial charge >= 0.3 is 0 Å². The van der Waals surface area contributed by atoms with Gasteiger partial charge in [0.1, 0.15) is 6.07 Å². The molecule has 1 aromatic heterocycles. The Hall–Kier alpha value is -1.79. The number of para-hydroxylation sites is 1. The molecule has 3 nitrogen and oxygen atoms in total. The van der Waals surface area contributed by atoms with E-state index in [1.54, 1.807) is 12.3 Å². The van der Waals surface area contributed by atoms with Crippen LogP contribution in [0.5, 0.6) is 0 Å². The SMILES string of the molecule is CN(C)c1c(C#N)cnc2c(Cl)cccc12. The van der Waals surface area contributed by atoms with Gasteiger partial charge in [-0.25, -0.2) is 0 Å². The van der Waals surface area contributed by atoms with Crippen molar-refractivity contribution >= 4 is 28.2 Å². The van der Waals surface area contributed by atoms with Crippen molar-refractivity contribution in [2.45, 2.75) is 0 Å². The molecule has 0 saturated carbocycles. The summed E-state index contributed by atoms with van der Waals surface area (Å²) in [6.07, 6.45) is 1.56. The number of benzene rings is 1. The van der Waals surface area contributed by atoms with Crippen LogP contribution in [0.3, 0.4) is 0 Å². The molecule has 0 spiro atoms. The van der Waals surface area contributed by atoms with Crippen molar-refractivity contribution in [3.63, 3.8) is 0 Å². The summed E-state index contributed by atoms with van der Waals surface area (Å²) in [6.45, 7) is 0. The predicted octanol–water partition coefficient (Wildman–Crippen LogP) is 2.83. The maximum Gasteiger partial charge on any atom is 0.103 e. The maximum atomic E-state index is 9.05. The van der Waals surface area contributed by atoms with Gasteiger partial charge in [-0.05, 0) is 6.07 Å². The lowest BCUT2D eigenvalue weighted by Gasteiger charge is -2.16. The lowest BCUT2D eigenvalue weighted by atomic mass is 10.1. The Morgan fingerprint density at radius 2 is 2.12 bits per heavy atom. The molecule has 4 heteroatoms. The topological polar surface area (TPSA) is 39.9 Å². The molecule has 2 aromatic rings. The van der Waals surface area contributed by atoms with Crippen molar-refractivity contribution in [2.24, 2.45) is 0 Å². The zero-order valence-electron chi connectivity index (χ0n) is 9.03. The molecule has 0 aliphatic rings. The molecule has 0 atom stereocenters. The Balaban J connectivity index is 2.91. The van der Waals surface area contributed by atoms with Crippen molar-refractivity contribution in [1.29, 1.82) is 5.26 Å². The second-order valence-corrected chi connectivity index (χ2v) is 4.07. The summed E-state index contributed by atoms with van der Waals surface area (Å²) in [5.74, 6) is 0. The van der Waals surface area contributed by atoms with Crippen LogP contribution in [0.4, 0.5) is 5.69 Å². The minimum atomic E-state index is 0.555. The van der Waals surface area contributed by atoms with E-state index in [0.717, 1.165) is 16.6 Å². The van der Waals surface area contributed by atoms with Gasteiger partial charge in [0.15, 0.2) is 0 Å². The maximum absolute atomic E-state index is 9.05. The van der Waals surface area contributed by atoms with Gasteiger partial charge in [-0.15, -0.1) is 0 Å². The quantitative estimate of drug-likeness (QED) is 0.758. The first-order valence-corrected chi connectivity index (χ1v) is 5.17. The minimum Gasteiger partial charge on any atom is -0.376 e. The molecule has 0 saturated heterocycles. The lowest BCUT2D eigenvalue weighted by molar-refractivity contribution is 1.13. The molecule has 0 unspecified atom stereocenters. The average molecular weight is 232 g/mol. The van der Waals surface area contributed by atoms with E-state index in [9.17, 15) is 0 Å². The molecule has 1 heterocycles. The molecule has 0 aliphatic heterocycles. The van der Waals surface area contributed by atoms with Crippen LogP contribution in [-0.4, -0.2) is 19.1 Å². The number of anilines is 1. The number of halogens is 1. The largest absolute Gasteiger partial charge is 0.376 e. The zero-order valence-corrected chi connectivity index (χ0v) is 9.78. The van der Waals surface area contributed by atoms with Crippen LogP contribution in [0, 0.1) is 11.3 Å². The van der Waals surface area contributed by atoms with Gasteiger partial charge in [-0.1, -0.05) is 23.7 Å². The highest BCUT2D eigenvalue weighted by atomic mass is 35.5. The van der Waals surface area contributed by atoms with Crippen LogP contribution in [-0.2, 0) is 0 Å². The smallest absolute Gasteiger partial charge is 0.103 e. The Labute approximate surface area is 98.9 Å². The first-order valence-electron chi connectivity index (χ1n) is 4.80. The molecule has 0 bridgehead atoms. The zero-order chi connectivity index (χ0) is 11.7. The fourth-order valence-corrected chi connectivity index (χ4v) is 1.96. The molecule has 1 aromatic carbocycles. The number of hydrogen-bond acceptors (Lipinski definition) is 3. The summed E-state index contributed by atoms with van der Waals surface area (Å²) in [5, 5.41) is 10.5. The highest BCUT2D eigenvalue weighted by molar-refractivity contribution is 6.35. The van der Waals surface area contributed by atoms with Gasteiger partial charge in [0.05, 0.1) is 21.8 Å². The first-order chi connectivity index (χ1) is 7.65. The Kier molecular flexibility index (Phi) is 2.67. The molecular weight excluding hydrogens is 222 g/mol. The molecule has 80 valence electrons. The fourth-order valence-electron chi connectivity index (χ4n) is 1.74. The highest BCUT2D eigenvalue weighted by Gasteiger charge is 2.11. The third-order valence-electron chi connectivity index (χ3n) is 2.39. The van der Waals surface area contributed by atoms with Crippen LogP contribution >= 0.6 is 11.6 Å². The van der Waals surface area contributed by atoms with Gasteiger partial charge in [0.2, 0.25) is 0 Å². The molecule has 0 N–H and O–H groups in total. The third kappa shape index (κ3) is 1.58. The first kappa shape index (κ1) is 10.7.